The van der Waals surface area contributed by atoms with Crippen molar-refractivity contribution in [3.63, 3.8) is 0 Å². The first kappa shape index (κ1) is 14.3. The van der Waals surface area contributed by atoms with Gasteiger partial charge >= 0.3 is 0 Å². The van der Waals surface area contributed by atoms with E-state index >= 15 is 0 Å². The van der Waals surface area contributed by atoms with Gasteiger partial charge in [-0.25, -0.2) is 0 Å². The number of imide groups is 1. The monoisotopic (exact) mass is 300 g/mol. The van der Waals surface area contributed by atoms with Crippen LogP contribution in [0, 0.1) is 0 Å². The Hall–Kier alpha value is -1.10. The Labute approximate surface area is 121 Å². The predicted molar refractivity (Wildman–Crippen MR) is 74.1 cm³/mol. The van der Waals surface area contributed by atoms with Crippen molar-refractivity contribution < 1.29 is 9.59 Å². The minimum Gasteiger partial charge on any atom is -0.302 e. The van der Waals surface area contributed by atoms with Crippen LogP contribution in [0.15, 0.2) is 18.2 Å². The van der Waals surface area contributed by atoms with Gasteiger partial charge in [-0.2, -0.15) is 0 Å². The lowest BCUT2D eigenvalue weighted by molar-refractivity contribution is -0.148. The van der Waals surface area contributed by atoms with Crippen LogP contribution in [0.25, 0.3) is 0 Å². The molecule has 0 aliphatic carbocycles. The van der Waals surface area contributed by atoms with Gasteiger partial charge in [-0.05, 0) is 30.2 Å². The molecule has 1 saturated heterocycles. The number of carbonyl (C=O) groups excluding carboxylic acids is 2. The maximum atomic E-state index is 11.9. The summed E-state index contributed by atoms with van der Waals surface area (Å²) in [5.41, 5.74) is 0.835. The molecule has 1 N–H and O–H groups in total. The standard InChI is InChI=1S/C13H14Cl2N2O2/c1-17-12(18)5-4-11(13(17)19)16-7-8-6-9(14)2-3-10(8)15/h2-3,6,11,16H,4-5,7H2,1H3. The molecule has 1 aromatic rings. The molecule has 1 heterocycles. The fraction of sp³-hybridized carbons (Fsp3) is 0.385. The average Bonchev–Trinajstić information content (AvgIpc) is 2.39. The van der Waals surface area contributed by atoms with E-state index in [9.17, 15) is 9.59 Å². The predicted octanol–water partition coefficient (Wildman–Crippen LogP) is 2.23. The van der Waals surface area contributed by atoms with E-state index in [1.54, 1.807) is 18.2 Å². The van der Waals surface area contributed by atoms with Crippen molar-refractivity contribution in [1.29, 1.82) is 0 Å². The number of likely N-dealkylation sites (N-methyl/N-ethyl adjacent to an activating group) is 1. The second kappa shape index (κ2) is 5.90. The van der Waals surface area contributed by atoms with E-state index < -0.39 is 0 Å². The molecule has 1 aliphatic rings. The largest absolute Gasteiger partial charge is 0.302 e. The lowest BCUT2D eigenvalue weighted by Crippen LogP contribution is -2.51. The molecule has 2 amide bonds. The zero-order valence-electron chi connectivity index (χ0n) is 10.5. The Kier molecular flexibility index (Phi) is 4.45. The van der Waals surface area contributed by atoms with Gasteiger partial charge in [-0.15, -0.1) is 0 Å². The van der Waals surface area contributed by atoms with Crippen molar-refractivity contribution in [2.75, 3.05) is 7.05 Å². The van der Waals surface area contributed by atoms with E-state index in [1.807, 2.05) is 0 Å². The summed E-state index contributed by atoms with van der Waals surface area (Å²) in [7, 11) is 1.50. The van der Waals surface area contributed by atoms with Gasteiger partial charge in [0.15, 0.2) is 0 Å². The van der Waals surface area contributed by atoms with Gasteiger partial charge in [0.25, 0.3) is 0 Å². The van der Waals surface area contributed by atoms with Crippen molar-refractivity contribution in [2.45, 2.75) is 25.4 Å². The smallest absolute Gasteiger partial charge is 0.246 e. The number of benzene rings is 1. The first-order valence-corrected chi connectivity index (χ1v) is 6.72. The maximum Gasteiger partial charge on any atom is 0.246 e. The summed E-state index contributed by atoms with van der Waals surface area (Å²) in [4.78, 5) is 24.4. The number of halogens is 2. The van der Waals surface area contributed by atoms with E-state index in [1.165, 1.54) is 11.9 Å². The van der Waals surface area contributed by atoms with Crippen molar-refractivity contribution in [3.05, 3.63) is 33.8 Å². The van der Waals surface area contributed by atoms with Crippen molar-refractivity contribution >= 4 is 35.0 Å². The molecule has 1 aliphatic heterocycles. The molecule has 1 atom stereocenters. The van der Waals surface area contributed by atoms with Gasteiger partial charge in [0.2, 0.25) is 11.8 Å². The molecule has 2 rings (SSSR count). The van der Waals surface area contributed by atoms with Gasteiger partial charge in [0, 0.05) is 30.1 Å². The van der Waals surface area contributed by atoms with E-state index in [4.69, 9.17) is 23.2 Å². The van der Waals surface area contributed by atoms with E-state index in [0.29, 0.717) is 29.4 Å². The third kappa shape index (κ3) is 3.26. The summed E-state index contributed by atoms with van der Waals surface area (Å²) >= 11 is 12.0. The molecular formula is C13H14Cl2N2O2. The van der Waals surface area contributed by atoms with Crippen LogP contribution in [-0.4, -0.2) is 29.8 Å². The molecule has 6 heteroatoms. The Bertz CT molecular complexity index is 519. The average molecular weight is 301 g/mol. The Balaban J connectivity index is 2.01. The highest BCUT2D eigenvalue weighted by Crippen LogP contribution is 2.21. The second-order valence-corrected chi connectivity index (χ2v) is 5.34. The lowest BCUT2D eigenvalue weighted by atomic mass is 10.0. The fourth-order valence-corrected chi connectivity index (χ4v) is 2.40. The Morgan fingerprint density at radius 2 is 2.11 bits per heavy atom. The van der Waals surface area contributed by atoms with Crippen molar-refractivity contribution in [3.8, 4) is 0 Å². The lowest BCUT2D eigenvalue weighted by Gasteiger charge is -2.28. The summed E-state index contributed by atoms with van der Waals surface area (Å²) in [5.74, 6) is -0.335. The van der Waals surface area contributed by atoms with Gasteiger partial charge in [-0.1, -0.05) is 23.2 Å². The first-order chi connectivity index (χ1) is 8.99. The molecule has 1 unspecified atom stereocenters. The topological polar surface area (TPSA) is 49.4 Å². The van der Waals surface area contributed by atoms with Crippen molar-refractivity contribution in [1.82, 2.24) is 10.2 Å². The van der Waals surface area contributed by atoms with Crippen molar-refractivity contribution in [2.24, 2.45) is 0 Å². The Morgan fingerprint density at radius 1 is 1.37 bits per heavy atom. The van der Waals surface area contributed by atoms with Crippen LogP contribution in [0.3, 0.4) is 0 Å². The number of nitrogens with one attached hydrogen (secondary N) is 1. The van der Waals surface area contributed by atoms with Crippen LogP contribution in [0.2, 0.25) is 10.0 Å². The minimum absolute atomic E-state index is 0.135. The van der Waals surface area contributed by atoms with Crippen LogP contribution >= 0.6 is 23.2 Å². The summed E-state index contributed by atoms with van der Waals surface area (Å²) in [6, 6.07) is 4.85. The molecule has 0 radical (unpaired) electrons. The number of hydrogen-bond donors (Lipinski definition) is 1. The molecule has 102 valence electrons. The summed E-state index contributed by atoms with van der Waals surface area (Å²) in [6.07, 6.45) is 0.892. The Morgan fingerprint density at radius 3 is 2.84 bits per heavy atom. The number of likely N-dealkylation sites (tertiary alicyclic amines) is 1. The van der Waals surface area contributed by atoms with Gasteiger partial charge in [0.1, 0.15) is 0 Å². The number of carbonyl (C=O) groups is 2. The van der Waals surface area contributed by atoms with Crippen LogP contribution in [0.5, 0.6) is 0 Å². The summed E-state index contributed by atoms with van der Waals surface area (Å²) in [6.45, 7) is 0.442. The summed E-state index contributed by atoms with van der Waals surface area (Å²) in [5, 5.41) is 4.32. The van der Waals surface area contributed by atoms with E-state index in [-0.39, 0.29) is 17.9 Å². The quantitative estimate of drug-likeness (QED) is 0.871. The van der Waals surface area contributed by atoms with Gasteiger partial charge in [-0.3, -0.25) is 14.5 Å². The first-order valence-electron chi connectivity index (χ1n) is 5.96. The fourth-order valence-electron chi connectivity index (χ4n) is 2.02. The third-order valence-electron chi connectivity index (χ3n) is 3.20. The molecule has 0 saturated carbocycles. The molecule has 0 aromatic heterocycles. The third-order valence-corrected chi connectivity index (χ3v) is 3.80. The maximum absolute atomic E-state index is 11.9. The van der Waals surface area contributed by atoms with E-state index in [2.05, 4.69) is 5.32 Å². The molecule has 0 bridgehead atoms. The van der Waals surface area contributed by atoms with Gasteiger partial charge < -0.3 is 5.32 Å². The highest BCUT2D eigenvalue weighted by Gasteiger charge is 2.31. The summed E-state index contributed by atoms with van der Waals surface area (Å²) < 4.78 is 0. The minimum atomic E-state index is -0.349. The van der Waals surface area contributed by atoms with Crippen LogP contribution in [0.4, 0.5) is 0 Å². The van der Waals surface area contributed by atoms with E-state index in [0.717, 1.165) is 5.56 Å². The molecule has 1 aromatic carbocycles. The molecular weight excluding hydrogens is 287 g/mol. The highest BCUT2D eigenvalue weighted by atomic mass is 35.5. The normalized spacial score (nSPS) is 19.9. The molecule has 19 heavy (non-hydrogen) atoms. The number of amides is 2. The van der Waals surface area contributed by atoms with Crippen LogP contribution < -0.4 is 5.32 Å². The zero-order chi connectivity index (χ0) is 14.0. The van der Waals surface area contributed by atoms with Gasteiger partial charge in [0.05, 0.1) is 6.04 Å². The highest BCUT2D eigenvalue weighted by molar-refractivity contribution is 6.33. The molecule has 0 spiro atoms. The zero-order valence-corrected chi connectivity index (χ0v) is 12.0. The molecule has 4 nitrogen and oxygen atoms in total. The second-order valence-electron chi connectivity index (χ2n) is 4.50. The number of piperidine rings is 1. The van der Waals surface area contributed by atoms with Crippen LogP contribution in [0.1, 0.15) is 18.4 Å². The number of hydrogen-bond acceptors (Lipinski definition) is 3. The van der Waals surface area contributed by atoms with Crippen LogP contribution in [-0.2, 0) is 16.1 Å². The SMILES string of the molecule is CN1C(=O)CCC(NCc2cc(Cl)ccc2Cl)C1=O. The molecule has 1 fully saturated rings. The number of rotatable bonds is 3. The number of nitrogens with zero attached hydrogens (tertiary/aromatic N) is 1.